The summed E-state index contributed by atoms with van der Waals surface area (Å²) in [5.41, 5.74) is 3.69. The van der Waals surface area contributed by atoms with E-state index in [2.05, 4.69) is 32.3 Å². The molecule has 0 saturated heterocycles. The summed E-state index contributed by atoms with van der Waals surface area (Å²) in [4.78, 5) is 3.26. The molecule has 0 amide bonds. The SMILES string of the molecule is Cc1ccc(Br)cc1Nc1[nH]c2ccccc2c1C#N. The van der Waals surface area contributed by atoms with Gasteiger partial charge in [0.1, 0.15) is 17.5 Å². The van der Waals surface area contributed by atoms with Crippen LogP contribution < -0.4 is 5.32 Å². The van der Waals surface area contributed by atoms with Gasteiger partial charge in [0.15, 0.2) is 0 Å². The zero-order valence-electron chi connectivity index (χ0n) is 10.9. The molecule has 0 saturated carbocycles. The number of para-hydroxylation sites is 1. The van der Waals surface area contributed by atoms with E-state index in [4.69, 9.17) is 0 Å². The monoisotopic (exact) mass is 325 g/mol. The molecule has 0 spiro atoms. The van der Waals surface area contributed by atoms with E-state index in [1.807, 2.05) is 49.4 Å². The van der Waals surface area contributed by atoms with Crippen molar-refractivity contribution in [3.8, 4) is 6.07 Å². The molecule has 0 fully saturated rings. The van der Waals surface area contributed by atoms with Gasteiger partial charge in [-0.25, -0.2) is 0 Å². The number of benzene rings is 2. The van der Waals surface area contributed by atoms with Crippen LogP contribution in [-0.4, -0.2) is 4.98 Å². The summed E-state index contributed by atoms with van der Waals surface area (Å²) >= 11 is 3.46. The number of rotatable bonds is 2. The van der Waals surface area contributed by atoms with Gasteiger partial charge in [0.2, 0.25) is 0 Å². The zero-order chi connectivity index (χ0) is 14.1. The van der Waals surface area contributed by atoms with E-state index >= 15 is 0 Å². The number of nitriles is 1. The minimum Gasteiger partial charge on any atom is -0.340 e. The van der Waals surface area contributed by atoms with Gasteiger partial charge in [0.25, 0.3) is 0 Å². The highest BCUT2D eigenvalue weighted by atomic mass is 79.9. The number of aryl methyl sites for hydroxylation is 1. The van der Waals surface area contributed by atoms with E-state index in [-0.39, 0.29) is 0 Å². The number of halogens is 1. The van der Waals surface area contributed by atoms with E-state index < -0.39 is 0 Å². The number of nitrogens with zero attached hydrogens (tertiary/aromatic N) is 1. The molecule has 4 heteroatoms. The number of aromatic amines is 1. The molecule has 0 radical (unpaired) electrons. The van der Waals surface area contributed by atoms with E-state index in [9.17, 15) is 5.26 Å². The Morgan fingerprint density at radius 1 is 1.20 bits per heavy atom. The number of H-pyrrole nitrogens is 1. The highest BCUT2D eigenvalue weighted by Gasteiger charge is 2.11. The predicted octanol–water partition coefficient (Wildman–Crippen LogP) is 4.85. The van der Waals surface area contributed by atoms with E-state index in [1.54, 1.807) is 0 Å². The molecular formula is C16H12BrN3. The number of fused-ring (bicyclic) bond motifs is 1. The normalized spacial score (nSPS) is 10.4. The van der Waals surface area contributed by atoms with Crippen LogP contribution in [0.4, 0.5) is 11.5 Å². The molecule has 0 aliphatic heterocycles. The van der Waals surface area contributed by atoms with Gasteiger partial charge in [-0.05, 0) is 30.7 Å². The fourth-order valence-electron chi connectivity index (χ4n) is 2.22. The smallest absolute Gasteiger partial charge is 0.127 e. The molecule has 98 valence electrons. The van der Waals surface area contributed by atoms with Crippen LogP contribution in [0.25, 0.3) is 10.9 Å². The van der Waals surface area contributed by atoms with Crippen molar-refractivity contribution in [2.45, 2.75) is 6.92 Å². The third-order valence-electron chi connectivity index (χ3n) is 3.28. The number of hydrogen-bond donors (Lipinski definition) is 2. The van der Waals surface area contributed by atoms with E-state index in [0.717, 1.165) is 32.4 Å². The largest absolute Gasteiger partial charge is 0.340 e. The van der Waals surface area contributed by atoms with Crippen molar-refractivity contribution in [1.29, 1.82) is 5.26 Å². The fraction of sp³-hybridized carbons (Fsp3) is 0.0625. The number of aromatic nitrogens is 1. The molecule has 2 aromatic carbocycles. The van der Waals surface area contributed by atoms with Gasteiger partial charge in [-0.15, -0.1) is 0 Å². The molecule has 0 aliphatic rings. The van der Waals surface area contributed by atoms with Gasteiger partial charge in [0.05, 0.1) is 0 Å². The van der Waals surface area contributed by atoms with Crippen molar-refractivity contribution in [1.82, 2.24) is 4.98 Å². The van der Waals surface area contributed by atoms with Crippen molar-refractivity contribution in [2.75, 3.05) is 5.32 Å². The lowest BCUT2D eigenvalue weighted by atomic mass is 10.1. The Morgan fingerprint density at radius 3 is 2.80 bits per heavy atom. The number of nitrogens with one attached hydrogen (secondary N) is 2. The molecule has 3 rings (SSSR count). The third kappa shape index (κ3) is 2.17. The number of anilines is 2. The topological polar surface area (TPSA) is 51.6 Å². The van der Waals surface area contributed by atoms with Gasteiger partial charge in [0, 0.05) is 21.1 Å². The molecule has 0 aliphatic carbocycles. The van der Waals surface area contributed by atoms with E-state index in [1.165, 1.54) is 0 Å². The van der Waals surface area contributed by atoms with Crippen LogP contribution in [0, 0.1) is 18.3 Å². The minimum absolute atomic E-state index is 0.639. The van der Waals surface area contributed by atoms with Gasteiger partial charge < -0.3 is 10.3 Å². The first-order valence-electron chi connectivity index (χ1n) is 6.23. The van der Waals surface area contributed by atoms with Crippen molar-refractivity contribution in [2.24, 2.45) is 0 Å². The van der Waals surface area contributed by atoms with Crippen LogP contribution in [0.15, 0.2) is 46.9 Å². The lowest BCUT2D eigenvalue weighted by molar-refractivity contribution is 1.36. The maximum absolute atomic E-state index is 9.39. The second-order valence-electron chi connectivity index (χ2n) is 4.62. The Hall–Kier alpha value is -2.25. The average molecular weight is 326 g/mol. The molecule has 20 heavy (non-hydrogen) atoms. The summed E-state index contributed by atoms with van der Waals surface area (Å²) in [6.45, 7) is 2.03. The summed E-state index contributed by atoms with van der Waals surface area (Å²) in [7, 11) is 0. The second kappa shape index (κ2) is 5.03. The molecule has 1 aromatic heterocycles. The third-order valence-corrected chi connectivity index (χ3v) is 3.77. The van der Waals surface area contributed by atoms with E-state index in [0.29, 0.717) is 5.56 Å². The molecule has 0 unspecified atom stereocenters. The van der Waals surface area contributed by atoms with Crippen LogP contribution in [0.1, 0.15) is 11.1 Å². The van der Waals surface area contributed by atoms with Gasteiger partial charge >= 0.3 is 0 Å². The maximum atomic E-state index is 9.39. The van der Waals surface area contributed by atoms with Gasteiger partial charge in [-0.1, -0.05) is 40.2 Å². The Kier molecular flexibility index (Phi) is 3.21. The average Bonchev–Trinajstić information content (AvgIpc) is 2.80. The molecular weight excluding hydrogens is 314 g/mol. The summed E-state index contributed by atoms with van der Waals surface area (Å²) in [6, 6.07) is 16.1. The zero-order valence-corrected chi connectivity index (χ0v) is 12.5. The Balaban J connectivity index is 2.11. The van der Waals surface area contributed by atoms with Crippen LogP contribution in [0.5, 0.6) is 0 Å². The molecule has 0 atom stereocenters. The molecule has 3 aromatic rings. The molecule has 0 bridgehead atoms. The summed E-state index contributed by atoms with van der Waals surface area (Å²) in [5, 5.41) is 13.6. The Morgan fingerprint density at radius 2 is 2.00 bits per heavy atom. The Labute approximate surface area is 125 Å². The fourth-order valence-corrected chi connectivity index (χ4v) is 2.58. The van der Waals surface area contributed by atoms with Gasteiger partial charge in [-0.2, -0.15) is 5.26 Å². The first kappa shape index (κ1) is 12.8. The van der Waals surface area contributed by atoms with Gasteiger partial charge in [-0.3, -0.25) is 0 Å². The van der Waals surface area contributed by atoms with Crippen molar-refractivity contribution in [3.63, 3.8) is 0 Å². The van der Waals surface area contributed by atoms with Crippen LogP contribution >= 0.6 is 15.9 Å². The lowest BCUT2D eigenvalue weighted by Gasteiger charge is -2.08. The summed E-state index contributed by atoms with van der Waals surface area (Å²) < 4.78 is 1.00. The lowest BCUT2D eigenvalue weighted by Crippen LogP contribution is -1.95. The minimum atomic E-state index is 0.639. The molecule has 3 nitrogen and oxygen atoms in total. The van der Waals surface area contributed by atoms with Crippen molar-refractivity contribution >= 4 is 38.3 Å². The first-order valence-corrected chi connectivity index (χ1v) is 7.02. The molecule has 1 heterocycles. The van der Waals surface area contributed by atoms with Crippen LogP contribution in [-0.2, 0) is 0 Å². The van der Waals surface area contributed by atoms with Crippen molar-refractivity contribution in [3.05, 3.63) is 58.1 Å². The highest BCUT2D eigenvalue weighted by Crippen LogP contribution is 2.30. The second-order valence-corrected chi connectivity index (χ2v) is 5.53. The summed E-state index contributed by atoms with van der Waals surface area (Å²) in [5.74, 6) is 0.731. The van der Waals surface area contributed by atoms with Crippen LogP contribution in [0.3, 0.4) is 0 Å². The maximum Gasteiger partial charge on any atom is 0.127 e. The number of hydrogen-bond acceptors (Lipinski definition) is 2. The first-order chi connectivity index (χ1) is 9.69. The molecule has 2 N–H and O–H groups in total. The standard InChI is InChI=1S/C16H12BrN3/c1-10-6-7-11(17)8-15(10)20-16-13(9-18)12-4-2-3-5-14(12)19-16/h2-8,19-20H,1H3. The highest BCUT2D eigenvalue weighted by molar-refractivity contribution is 9.10. The quantitative estimate of drug-likeness (QED) is 0.707. The predicted molar refractivity (Wildman–Crippen MR) is 85.2 cm³/mol. The van der Waals surface area contributed by atoms with Crippen molar-refractivity contribution < 1.29 is 0 Å². The van der Waals surface area contributed by atoms with Crippen LogP contribution in [0.2, 0.25) is 0 Å². The summed E-state index contributed by atoms with van der Waals surface area (Å²) in [6.07, 6.45) is 0. The Bertz CT molecular complexity index is 827.